The van der Waals surface area contributed by atoms with E-state index in [1.165, 1.54) is 12.8 Å². The smallest absolute Gasteiger partial charge is 0.183 e. The van der Waals surface area contributed by atoms with Crippen LogP contribution in [0.5, 0.6) is 0 Å². The minimum absolute atomic E-state index is 0.624. The highest BCUT2D eigenvalue weighted by Gasteiger charge is 2.21. The first-order chi connectivity index (χ1) is 12.2. The van der Waals surface area contributed by atoms with Gasteiger partial charge in [-0.1, -0.05) is 39.7 Å². The molecule has 1 aromatic heterocycles. The summed E-state index contributed by atoms with van der Waals surface area (Å²) in [6, 6.07) is 15.6. The molecule has 0 aliphatic carbocycles. The first-order valence-corrected chi connectivity index (χ1v) is 9.39. The van der Waals surface area contributed by atoms with Crippen molar-refractivity contribution in [3.63, 3.8) is 0 Å². The maximum absolute atomic E-state index is 5.98. The molecule has 4 rings (SSSR count). The topological polar surface area (TPSA) is 41.9 Å². The zero-order valence-corrected chi connectivity index (χ0v) is 15.8. The Hall–Kier alpha value is -1.98. The van der Waals surface area contributed by atoms with Crippen molar-refractivity contribution in [2.45, 2.75) is 12.8 Å². The van der Waals surface area contributed by atoms with Gasteiger partial charge in [0.25, 0.3) is 0 Å². The molecule has 0 saturated carbocycles. The molecule has 0 atom stereocenters. The molecule has 25 heavy (non-hydrogen) atoms. The molecular formula is C19H16BrClN4. The third-order valence-electron chi connectivity index (χ3n) is 4.29. The highest BCUT2D eigenvalue weighted by Crippen LogP contribution is 2.31. The van der Waals surface area contributed by atoms with Crippen LogP contribution in [0.4, 0.5) is 5.82 Å². The quantitative estimate of drug-likeness (QED) is 0.588. The second-order valence-corrected chi connectivity index (χ2v) is 7.37. The predicted molar refractivity (Wildman–Crippen MR) is 105 cm³/mol. The minimum atomic E-state index is 0.624. The zero-order valence-electron chi connectivity index (χ0n) is 13.5. The Labute approximate surface area is 160 Å². The van der Waals surface area contributed by atoms with E-state index in [9.17, 15) is 0 Å². The van der Waals surface area contributed by atoms with E-state index in [1.807, 2.05) is 48.5 Å². The fraction of sp³-hybridized carbons (Fsp3) is 0.211. The number of rotatable bonds is 3. The van der Waals surface area contributed by atoms with Crippen LogP contribution in [0.1, 0.15) is 12.8 Å². The molecule has 4 nitrogen and oxygen atoms in total. The highest BCUT2D eigenvalue weighted by atomic mass is 79.9. The molecule has 0 bridgehead atoms. The third-order valence-corrected chi connectivity index (χ3v) is 5.07. The molecule has 1 aliphatic heterocycles. The van der Waals surface area contributed by atoms with Crippen molar-refractivity contribution in [1.82, 2.24) is 15.2 Å². The van der Waals surface area contributed by atoms with Gasteiger partial charge >= 0.3 is 0 Å². The number of hydrogen-bond acceptors (Lipinski definition) is 4. The minimum Gasteiger partial charge on any atom is -0.355 e. The van der Waals surface area contributed by atoms with Gasteiger partial charge in [-0.3, -0.25) is 0 Å². The average Bonchev–Trinajstić information content (AvgIpc) is 3.17. The van der Waals surface area contributed by atoms with Gasteiger partial charge in [-0.2, -0.15) is 0 Å². The molecule has 6 heteroatoms. The number of nitrogens with zero attached hydrogens (tertiary/aromatic N) is 4. The van der Waals surface area contributed by atoms with Gasteiger partial charge in [0.2, 0.25) is 0 Å². The van der Waals surface area contributed by atoms with Gasteiger partial charge in [0.15, 0.2) is 11.6 Å². The second-order valence-electron chi connectivity index (χ2n) is 6.02. The Balaban J connectivity index is 1.81. The van der Waals surface area contributed by atoms with E-state index in [0.29, 0.717) is 10.8 Å². The Morgan fingerprint density at radius 1 is 0.840 bits per heavy atom. The van der Waals surface area contributed by atoms with Crippen molar-refractivity contribution < 1.29 is 0 Å². The van der Waals surface area contributed by atoms with Crippen LogP contribution in [0, 0.1) is 0 Å². The predicted octanol–water partition coefficient (Wildman–Crippen LogP) is 5.22. The van der Waals surface area contributed by atoms with Crippen molar-refractivity contribution in [2.75, 3.05) is 18.0 Å². The third kappa shape index (κ3) is 3.53. The molecule has 2 aromatic carbocycles. The van der Waals surface area contributed by atoms with Gasteiger partial charge in [0, 0.05) is 33.7 Å². The molecule has 0 amide bonds. The van der Waals surface area contributed by atoms with Crippen LogP contribution in [0.15, 0.2) is 53.0 Å². The van der Waals surface area contributed by atoms with Crippen molar-refractivity contribution in [1.29, 1.82) is 0 Å². The molecule has 0 spiro atoms. The second kappa shape index (κ2) is 7.10. The molecule has 3 aromatic rings. The largest absolute Gasteiger partial charge is 0.355 e. The molecule has 1 saturated heterocycles. The average molecular weight is 416 g/mol. The lowest BCUT2D eigenvalue weighted by Gasteiger charge is -2.19. The normalized spacial score (nSPS) is 14.1. The Bertz CT molecular complexity index is 875. The lowest BCUT2D eigenvalue weighted by molar-refractivity contribution is 0.896. The van der Waals surface area contributed by atoms with E-state index >= 15 is 0 Å². The lowest BCUT2D eigenvalue weighted by Crippen LogP contribution is -2.21. The number of hydrogen-bond donors (Lipinski definition) is 0. The van der Waals surface area contributed by atoms with Crippen molar-refractivity contribution in [2.24, 2.45) is 0 Å². The van der Waals surface area contributed by atoms with Crippen LogP contribution in [-0.2, 0) is 0 Å². The Morgan fingerprint density at radius 2 is 1.48 bits per heavy atom. The van der Waals surface area contributed by atoms with Crippen molar-refractivity contribution in [3.8, 4) is 22.6 Å². The number of halogens is 2. The molecule has 1 aliphatic rings. The Morgan fingerprint density at radius 3 is 2.16 bits per heavy atom. The first kappa shape index (κ1) is 16.5. The maximum atomic E-state index is 5.98. The molecule has 0 unspecified atom stereocenters. The zero-order chi connectivity index (χ0) is 17.2. The van der Waals surface area contributed by atoms with Crippen LogP contribution < -0.4 is 4.90 Å². The first-order valence-electron chi connectivity index (χ1n) is 8.22. The van der Waals surface area contributed by atoms with Crippen LogP contribution in [0.3, 0.4) is 0 Å². The fourth-order valence-corrected chi connectivity index (χ4v) is 3.37. The van der Waals surface area contributed by atoms with Gasteiger partial charge in [-0.25, -0.2) is 4.98 Å². The summed E-state index contributed by atoms with van der Waals surface area (Å²) in [7, 11) is 0. The molecule has 2 heterocycles. The monoisotopic (exact) mass is 414 g/mol. The molecule has 126 valence electrons. The summed E-state index contributed by atoms with van der Waals surface area (Å²) in [5.41, 5.74) is 2.76. The molecule has 0 radical (unpaired) electrons. The van der Waals surface area contributed by atoms with E-state index in [-0.39, 0.29) is 0 Å². The van der Waals surface area contributed by atoms with E-state index in [4.69, 9.17) is 16.6 Å². The summed E-state index contributed by atoms with van der Waals surface area (Å²) in [5.74, 6) is 1.53. The van der Waals surface area contributed by atoms with Gasteiger partial charge in [-0.05, 0) is 49.2 Å². The van der Waals surface area contributed by atoms with Crippen LogP contribution >= 0.6 is 27.5 Å². The summed E-state index contributed by atoms with van der Waals surface area (Å²) in [6.45, 7) is 2.00. The maximum Gasteiger partial charge on any atom is 0.183 e. The SMILES string of the molecule is Clc1ccc(-c2nnc(-c3ccc(Br)cc3)c(N3CCCC3)n2)cc1. The summed E-state index contributed by atoms with van der Waals surface area (Å²) >= 11 is 9.46. The molecule has 0 N–H and O–H groups in total. The molecule has 1 fully saturated rings. The van der Waals surface area contributed by atoms with Crippen molar-refractivity contribution in [3.05, 3.63) is 58.0 Å². The summed E-state index contributed by atoms with van der Waals surface area (Å²) in [5, 5.41) is 9.58. The summed E-state index contributed by atoms with van der Waals surface area (Å²) < 4.78 is 1.04. The summed E-state index contributed by atoms with van der Waals surface area (Å²) in [6.07, 6.45) is 2.36. The number of anilines is 1. The lowest BCUT2D eigenvalue weighted by atomic mass is 10.1. The van der Waals surface area contributed by atoms with Crippen LogP contribution in [0.25, 0.3) is 22.6 Å². The summed E-state index contributed by atoms with van der Waals surface area (Å²) in [4.78, 5) is 7.15. The van der Waals surface area contributed by atoms with E-state index in [0.717, 1.165) is 40.2 Å². The van der Waals surface area contributed by atoms with E-state index in [1.54, 1.807) is 0 Å². The van der Waals surface area contributed by atoms with Gasteiger partial charge < -0.3 is 4.90 Å². The standard InChI is InChI=1S/C19H16BrClN4/c20-15-7-3-13(4-8-15)17-19(25-11-1-2-12-25)22-18(24-23-17)14-5-9-16(21)10-6-14/h3-10H,1-2,11-12H2. The van der Waals surface area contributed by atoms with E-state index in [2.05, 4.69) is 31.0 Å². The highest BCUT2D eigenvalue weighted by molar-refractivity contribution is 9.10. The Kier molecular flexibility index (Phi) is 4.68. The molecular weight excluding hydrogens is 400 g/mol. The number of aromatic nitrogens is 3. The fourth-order valence-electron chi connectivity index (χ4n) is 2.98. The van der Waals surface area contributed by atoms with Gasteiger partial charge in [-0.15, -0.1) is 10.2 Å². The van der Waals surface area contributed by atoms with Crippen LogP contribution in [-0.4, -0.2) is 28.3 Å². The van der Waals surface area contributed by atoms with E-state index < -0.39 is 0 Å². The van der Waals surface area contributed by atoms with Crippen molar-refractivity contribution >= 4 is 33.3 Å². The number of benzene rings is 2. The van der Waals surface area contributed by atoms with Crippen LogP contribution in [0.2, 0.25) is 5.02 Å². The van der Waals surface area contributed by atoms with Gasteiger partial charge in [0.05, 0.1) is 0 Å². The van der Waals surface area contributed by atoms with Gasteiger partial charge in [0.1, 0.15) is 5.69 Å².